The van der Waals surface area contributed by atoms with Crippen molar-refractivity contribution in [3.05, 3.63) is 47.1 Å². The highest BCUT2D eigenvalue weighted by Gasteiger charge is 2.18. The third kappa shape index (κ3) is 3.81. The second-order valence-electron chi connectivity index (χ2n) is 6.50. The summed E-state index contributed by atoms with van der Waals surface area (Å²) in [6, 6.07) is 2.10. The molecule has 0 spiro atoms. The number of allylic oxidation sites excluding steroid dienone is 1. The number of carbonyl (C=O) groups is 1. The van der Waals surface area contributed by atoms with Crippen molar-refractivity contribution in [1.29, 1.82) is 0 Å². The highest BCUT2D eigenvalue weighted by Crippen LogP contribution is 2.33. The van der Waals surface area contributed by atoms with E-state index in [1.54, 1.807) is 12.4 Å². The smallest absolute Gasteiger partial charge is 0.154 e. The van der Waals surface area contributed by atoms with E-state index in [-0.39, 0.29) is 0 Å². The third-order valence-corrected chi connectivity index (χ3v) is 4.71. The van der Waals surface area contributed by atoms with Crippen LogP contribution in [0.4, 0.5) is 0 Å². The number of aromatic nitrogens is 3. The van der Waals surface area contributed by atoms with Gasteiger partial charge in [-0.1, -0.05) is 6.92 Å². The van der Waals surface area contributed by atoms with Gasteiger partial charge in [0.05, 0.1) is 17.5 Å². The molecule has 0 radical (unpaired) electrons. The van der Waals surface area contributed by atoms with Gasteiger partial charge in [-0.3, -0.25) is 14.5 Å². The van der Waals surface area contributed by atoms with E-state index in [0.29, 0.717) is 17.9 Å². The third-order valence-electron chi connectivity index (χ3n) is 4.71. The van der Waals surface area contributed by atoms with Crippen LogP contribution in [0.5, 0.6) is 5.75 Å². The summed E-state index contributed by atoms with van der Waals surface area (Å²) in [7, 11) is 0. The van der Waals surface area contributed by atoms with Crippen LogP contribution in [0.25, 0.3) is 5.57 Å². The van der Waals surface area contributed by atoms with E-state index in [1.807, 2.05) is 13.1 Å². The van der Waals surface area contributed by atoms with Crippen molar-refractivity contribution in [2.45, 2.75) is 52.5 Å². The lowest BCUT2D eigenvalue weighted by Crippen LogP contribution is -2.12. The quantitative estimate of drug-likeness (QED) is 0.709. The fraction of sp³-hybridized carbons (Fsp3) is 0.450. The summed E-state index contributed by atoms with van der Waals surface area (Å²) in [5.41, 5.74) is 5.29. The fourth-order valence-corrected chi connectivity index (χ4v) is 3.40. The molecular weight excluding hydrogens is 314 g/mol. The first-order chi connectivity index (χ1) is 12.2. The molecule has 25 heavy (non-hydrogen) atoms. The molecule has 0 bridgehead atoms. The number of rotatable bonds is 7. The average molecular weight is 339 g/mol. The molecule has 2 aromatic rings. The van der Waals surface area contributed by atoms with E-state index in [4.69, 9.17) is 4.74 Å². The molecule has 5 heteroatoms. The Morgan fingerprint density at radius 1 is 1.28 bits per heavy atom. The van der Waals surface area contributed by atoms with E-state index in [0.717, 1.165) is 37.7 Å². The Kier molecular flexibility index (Phi) is 5.64. The minimum atomic E-state index is 0.499. The Bertz CT molecular complexity index is 777. The Hall–Kier alpha value is -2.43. The van der Waals surface area contributed by atoms with Gasteiger partial charge < -0.3 is 4.74 Å². The van der Waals surface area contributed by atoms with Crippen LogP contribution in [0.2, 0.25) is 0 Å². The molecule has 2 heterocycles. The number of hydrogen-bond donors (Lipinski definition) is 0. The zero-order valence-electron chi connectivity index (χ0n) is 15.0. The molecule has 0 saturated heterocycles. The molecule has 0 aromatic carbocycles. The van der Waals surface area contributed by atoms with Gasteiger partial charge in [-0.15, -0.1) is 0 Å². The first-order valence-electron chi connectivity index (χ1n) is 9.00. The number of carbonyl (C=O) groups excluding carboxylic acids is 1. The van der Waals surface area contributed by atoms with E-state index < -0.39 is 0 Å². The second-order valence-corrected chi connectivity index (χ2v) is 6.50. The van der Waals surface area contributed by atoms with Gasteiger partial charge in [0.15, 0.2) is 6.29 Å². The van der Waals surface area contributed by atoms with Gasteiger partial charge in [-0.05, 0) is 61.8 Å². The fourth-order valence-electron chi connectivity index (χ4n) is 3.40. The summed E-state index contributed by atoms with van der Waals surface area (Å²) in [6.07, 6.45) is 11.6. The van der Waals surface area contributed by atoms with Crippen molar-refractivity contribution in [3.8, 4) is 5.75 Å². The summed E-state index contributed by atoms with van der Waals surface area (Å²) in [5, 5.41) is 4.46. The van der Waals surface area contributed by atoms with Gasteiger partial charge in [0.2, 0.25) is 0 Å². The topological polar surface area (TPSA) is 57.0 Å². The van der Waals surface area contributed by atoms with Gasteiger partial charge in [0.25, 0.3) is 0 Å². The van der Waals surface area contributed by atoms with Crippen molar-refractivity contribution in [2.24, 2.45) is 0 Å². The summed E-state index contributed by atoms with van der Waals surface area (Å²) in [4.78, 5) is 15.5. The molecule has 0 amide bonds. The van der Waals surface area contributed by atoms with Crippen molar-refractivity contribution in [1.82, 2.24) is 14.8 Å². The molecule has 0 aliphatic heterocycles. The molecule has 0 unspecified atom stereocenters. The van der Waals surface area contributed by atoms with Crippen LogP contribution in [-0.2, 0) is 6.54 Å². The lowest BCUT2D eigenvalue weighted by atomic mass is 9.90. The number of aldehydes is 1. The van der Waals surface area contributed by atoms with Gasteiger partial charge >= 0.3 is 0 Å². The normalized spacial score (nSPS) is 14.6. The minimum Gasteiger partial charge on any atom is -0.487 e. The molecule has 0 N–H and O–H groups in total. The molecule has 0 saturated carbocycles. The van der Waals surface area contributed by atoms with E-state index in [1.165, 1.54) is 29.7 Å². The summed E-state index contributed by atoms with van der Waals surface area (Å²) in [6.45, 7) is 5.46. The van der Waals surface area contributed by atoms with Crippen molar-refractivity contribution < 1.29 is 9.53 Å². The van der Waals surface area contributed by atoms with Crippen LogP contribution in [0, 0.1) is 6.92 Å². The lowest BCUT2D eigenvalue weighted by Gasteiger charge is -2.22. The van der Waals surface area contributed by atoms with Crippen molar-refractivity contribution in [2.75, 3.05) is 6.61 Å². The second kappa shape index (κ2) is 8.10. The molecule has 132 valence electrons. The Balaban J connectivity index is 1.86. The van der Waals surface area contributed by atoms with Crippen LogP contribution < -0.4 is 4.74 Å². The maximum atomic E-state index is 11.3. The summed E-state index contributed by atoms with van der Waals surface area (Å²) in [5.74, 6) is 0.564. The first kappa shape index (κ1) is 17.4. The molecule has 5 nitrogen and oxygen atoms in total. The number of nitrogens with zero attached hydrogens (tertiary/aromatic N) is 3. The summed E-state index contributed by atoms with van der Waals surface area (Å²) < 4.78 is 8.08. The first-order valence-corrected chi connectivity index (χ1v) is 9.00. The molecule has 1 aliphatic rings. The average Bonchev–Trinajstić information content (AvgIpc) is 3.08. The van der Waals surface area contributed by atoms with Crippen LogP contribution in [-0.4, -0.2) is 27.7 Å². The van der Waals surface area contributed by atoms with Crippen molar-refractivity contribution in [3.63, 3.8) is 0 Å². The number of hydrogen-bond acceptors (Lipinski definition) is 4. The Morgan fingerprint density at radius 3 is 2.92 bits per heavy atom. The monoisotopic (exact) mass is 339 g/mol. The molecule has 2 aromatic heterocycles. The zero-order chi connectivity index (χ0) is 17.6. The number of ether oxygens (including phenoxy) is 1. The Morgan fingerprint density at radius 2 is 2.12 bits per heavy atom. The maximum Gasteiger partial charge on any atom is 0.154 e. The van der Waals surface area contributed by atoms with E-state index in [2.05, 4.69) is 27.8 Å². The molecule has 0 fully saturated rings. The lowest BCUT2D eigenvalue weighted by molar-refractivity contribution is 0.111. The van der Waals surface area contributed by atoms with Gasteiger partial charge in [0.1, 0.15) is 12.4 Å². The van der Waals surface area contributed by atoms with Crippen LogP contribution in [0.1, 0.15) is 60.6 Å². The maximum absolute atomic E-state index is 11.3. The highest BCUT2D eigenvalue weighted by atomic mass is 16.5. The Labute approximate surface area is 148 Å². The van der Waals surface area contributed by atoms with E-state index in [9.17, 15) is 4.79 Å². The molecule has 3 rings (SSSR count). The van der Waals surface area contributed by atoms with Crippen LogP contribution >= 0.6 is 0 Å². The zero-order valence-corrected chi connectivity index (χ0v) is 15.0. The standard InChI is InChI=1S/C20H25N3O2/c1-3-10-23-19(8-9-22-23)17-7-5-4-6-16(17)14-25-20-12-21-11-15(2)18(20)13-24/h8-9,11-13H,3-7,10,14H2,1-2H3. The van der Waals surface area contributed by atoms with E-state index >= 15 is 0 Å². The highest BCUT2D eigenvalue weighted by molar-refractivity contribution is 5.81. The van der Waals surface area contributed by atoms with Gasteiger partial charge in [-0.2, -0.15) is 5.10 Å². The van der Waals surface area contributed by atoms with Crippen molar-refractivity contribution >= 4 is 11.9 Å². The predicted molar refractivity (Wildman–Crippen MR) is 97.8 cm³/mol. The minimum absolute atomic E-state index is 0.499. The molecule has 0 atom stereocenters. The SMILES string of the molecule is CCCn1nccc1C1=C(COc2cncc(C)c2C=O)CCCC1. The van der Waals surface area contributed by atoms with Gasteiger partial charge in [0, 0.05) is 18.9 Å². The van der Waals surface area contributed by atoms with Crippen LogP contribution in [0.3, 0.4) is 0 Å². The summed E-state index contributed by atoms with van der Waals surface area (Å²) >= 11 is 0. The van der Waals surface area contributed by atoms with Crippen LogP contribution in [0.15, 0.2) is 30.2 Å². The van der Waals surface area contributed by atoms with Gasteiger partial charge in [-0.25, -0.2) is 0 Å². The number of pyridine rings is 1. The molecular formula is C20H25N3O2. The number of aryl methyl sites for hydroxylation is 2. The largest absolute Gasteiger partial charge is 0.487 e. The molecule has 1 aliphatic carbocycles. The predicted octanol–water partition coefficient (Wildman–Crippen LogP) is 4.22.